The Balaban J connectivity index is 2.14. The smallest absolute Gasteiger partial charge is 0.404 e. The van der Waals surface area contributed by atoms with Crippen LogP contribution in [0.3, 0.4) is 0 Å². The third-order valence-corrected chi connectivity index (χ3v) is 5.41. The van der Waals surface area contributed by atoms with Gasteiger partial charge >= 0.3 is 6.09 Å². The second kappa shape index (κ2) is 8.93. The van der Waals surface area contributed by atoms with Crippen LogP contribution in [0.2, 0.25) is 5.02 Å². The van der Waals surface area contributed by atoms with Gasteiger partial charge < -0.3 is 10.4 Å². The molecule has 0 aliphatic heterocycles. The largest absolute Gasteiger partial charge is 0.465 e. The number of fused-ring (bicyclic) bond motifs is 1. The zero-order chi connectivity index (χ0) is 20.3. The summed E-state index contributed by atoms with van der Waals surface area (Å²) in [6, 6.07) is 7.07. The highest BCUT2D eigenvalue weighted by Gasteiger charge is 2.15. The summed E-state index contributed by atoms with van der Waals surface area (Å²) in [5.41, 5.74) is 1.33. The van der Waals surface area contributed by atoms with Gasteiger partial charge in [0, 0.05) is 45.3 Å². The Morgan fingerprint density at radius 1 is 1.36 bits per heavy atom. The van der Waals surface area contributed by atoms with E-state index in [2.05, 4.69) is 31.2 Å². The van der Waals surface area contributed by atoms with Gasteiger partial charge in [0.2, 0.25) is 0 Å². The van der Waals surface area contributed by atoms with Crippen LogP contribution in [-0.2, 0) is 6.54 Å². The van der Waals surface area contributed by atoms with Crippen molar-refractivity contribution in [3.8, 4) is 11.1 Å². The van der Waals surface area contributed by atoms with E-state index < -0.39 is 6.09 Å². The van der Waals surface area contributed by atoms with Crippen LogP contribution >= 0.6 is 39.3 Å². The van der Waals surface area contributed by atoms with Crippen molar-refractivity contribution in [3.05, 3.63) is 50.3 Å². The van der Waals surface area contributed by atoms with E-state index in [4.69, 9.17) is 16.7 Å². The number of aromatic nitrogens is 3. The van der Waals surface area contributed by atoms with E-state index in [9.17, 15) is 9.59 Å². The summed E-state index contributed by atoms with van der Waals surface area (Å²) in [4.78, 5) is 32.7. The fourth-order valence-corrected chi connectivity index (χ4v) is 3.89. The highest BCUT2D eigenvalue weighted by molar-refractivity contribution is 9.10. The molecule has 146 valence electrons. The lowest BCUT2D eigenvalue weighted by atomic mass is 10.1. The van der Waals surface area contributed by atoms with Gasteiger partial charge in [-0.25, -0.2) is 14.8 Å². The SMILES string of the molecule is CSc1ncc2cc(-c3ccc(Br)cc3Cl)c(=O)n(CCCNC(=O)O)c2n1. The van der Waals surface area contributed by atoms with Crippen LogP contribution in [0.15, 0.2) is 44.9 Å². The van der Waals surface area contributed by atoms with Gasteiger partial charge in [-0.3, -0.25) is 9.36 Å². The van der Waals surface area contributed by atoms with Gasteiger partial charge in [0.25, 0.3) is 5.56 Å². The number of benzene rings is 1. The molecule has 2 aromatic heterocycles. The van der Waals surface area contributed by atoms with Crippen molar-refractivity contribution in [3.63, 3.8) is 0 Å². The number of thioether (sulfide) groups is 1. The Hall–Kier alpha value is -2.10. The molecule has 1 amide bonds. The summed E-state index contributed by atoms with van der Waals surface area (Å²) in [6.07, 6.45) is 2.88. The number of aryl methyl sites for hydroxylation is 1. The highest BCUT2D eigenvalue weighted by atomic mass is 79.9. The van der Waals surface area contributed by atoms with Crippen LogP contribution in [0, 0.1) is 0 Å². The molecule has 3 rings (SSSR count). The van der Waals surface area contributed by atoms with Crippen molar-refractivity contribution < 1.29 is 9.90 Å². The summed E-state index contributed by atoms with van der Waals surface area (Å²) in [7, 11) is 0. The molecule has 7 nitrogen and oxygen atoms in total. The van der Waals surface area contributed by atoms with Gasteiger partial charge in [-0.2, -0.15) is 0 Å². The first-order valence-electron chi connectivity index (χ1n) is 8.27. The minimum Gasteiger partial charge on any atom is -0.465 e. The minimum atomic E-state index is -1.10. The van der Waals surface area contributed by atoms with Crippen LogP contribution in [0.25, 0.3) is 22.2 Å². The number of carbonyl (C=O) groups is 1. The van der Waals surface area contributed by atoms with Crippen LogP contribution in [0.5, 0.6) is 0 Å². The number of pyridine rings is 1. The maximum Gasteiger partial charge on any atom is 0.404 e. The molecule has 0 aliphatic carbocycles. The Labute approximate surface area is 178 Å². The fraction of sp³-hybridized carbons (Fsp3) is 0.222. The van der Waals surface area contributed by atoms with Crippen molar-refractivity contribution in [1.82, 2.24) is 19.9 Å². The van der Waals surface area contributed by atoms with E-state index in [0.29, 0.717) is 45.3 Å². The number of rotatable bonds is 6. The van der Waals surface area contributed by atoms with E-state index in [-0.39, 0.29) is 12.1 Å². The molecule has 2 N–H and O–H groups in total. The van der Waals surface area contributed by atoms with Gasteiger partial charge in [0.05, 0.1) is 0 Å². The van der Waals surface area contributed by atoms with Crippen LogP contribution in [0.1, 0.15) is 6.42 Å². The molecule has 0 saturated heterocycles. The number of nitrogens with zero attached hydrogens (tertiary/aromatic N) is 3. The maximum atomic E-state index is 13.2. The molecule has 3 aromatic rings. The average Bonchev–Trinajstić information content (AvgIpc) is 2.66. The first-order chi connectivity index (χ1) is 13.4. The molecule has 2 heterocycles. The molecular formula is C18H16BrClN4O3S. The third-order valence-electron chi connectivity index (χ3n) is 4.04. The summed E-state index contributed by atoms with van der Waals surface area (Å²) < 4.78 is 2.36. The lowest BCUT2D eigenvalue weighted by Gasteiger charge is -2.13. The molecular weight excluding hydrogens is 468 g/mol. The van der Waals surface area contributed by atoms with Gasteiger partial charge in [0.15, 0.2) is 5.16 Å². The quantitative estimate of drug-likeness (QED) is 0.309. The Kier molecular flexibility index (Phi) is 6.58. The number of carboxylic acid groups (broad SMARTS) is 1. The number of halogens is 2. The maximum absolute atomic E-state index is 13.2. The first-order valence-corrected chi connectivity index (χ1v) is 10.7. The van der Waals surface area contributed by atoms with Crippen molar-refractivity contribution in [2.75, 3.05) is 12.8 Å². The topological polar surface area (TPSA) is 97.1 Å². The Morgan fingerprint density at radius 3 is 2.82 bits per heavy atom. The predicted molar refractivity (Wildman–Crippen MR) is 114 cm³/mol. The van der Waals surface area contributed by atoms with Crippen molar-refractivity contribution >= 4 is 56.4 Å². The first kappa shape index (κ1) is 20.6. The fourth-order valence-electron chi connectivity index (χ4n) is 2.78. The van der Waals surface area contributed by atoms with Gasteiger partial charge in [-0.15, -0.1) is 0 Å². The Morgan fingerprint density at radius 2 is 2.14 bits per heavy atom. The lowest BCUT2D eigenvalue weighted by molar-refractivity contribution is 0.194. The molecule has 1 aromatic carbocycles. The molecule has 28 heavy (non-hydrogen) atoms. The lowest BCUT2D eigenvalue weighted by Crippen LogP contribution is -2.27. The molecule has 10 heteroatoms. The molecule has 0 saturated carbocycles. The monoisotopic (exact) mass is 482 g/mol. The zero-order valence-electron chi connectivity index (χ0n) is 14.8. The highest BCUT2D eigenvalue weighted by Crippen LogP contribution is 2.30. The zero-order valence-corrected chi connectivity index (χ0v) is 17.9. The van der Waals surface area contributed by atoms with E-state index in [0.717, 1.165) is 4.47 Å². The minimum absolute atomic E-state index is 0.229. The molecule has 0 aliphatic rings. The number of amides is 1. The summed E-state index contributed by atoms with van der Waals surface area (Å²) >= 11 is 11.1. The molecule has 0 unspecified atom stereocenters. The van der Waals surface area contributed by atoms with Crippen molar-refractivity contribution in [1.29, 1.82) is 0 Å². The van der Waals surface area contributed by atoms with E-state index in [1.165, 1.54) is 11.8 Å². The normalized spacial score (nSPS) is 11.0. The molecule has 0 atom stereocenters. The molecule has 0 spiro atoms. The second-order valence-electron chi connectivity index (χ2n) is 5.86. The molecule has 0 bridgehead atoms. The number of hydrogen-bond donors (Lipinski definition) is 2. The number of hydrogen-bond acceptors (Lipinski definition) is 5. The summed E-state index contributed by atoms with van der Waals surface area (Å²) in [6.45, 7) is 0.537. The molecule has 0 fully saturated rings. The second-order valence-corrected chi connectivity index (χ2v) is 7.96. The number of nitrogens with one attached hydrogen (secondary N) is 1. The summed E-state index contributed by atoms with van der Waals surface area (Å²) in [5, 5.41) is 12.7. The standard InChI is InChI=1S/C18H16BrClN4O3S/c1-28-17-22-9-10-7-13(12-4-3-11(19)8-14(12)20)16(25)24(15(10)23-17)6-2-5-21-18(26)27/h3-4,7-9,21H,2,5-6H2,1H3,(H,26,27). The molecule has 0 radical (unpaired) electrons. The third kappa shape index (κ3) is 4.48. The predicted octanol–water partition coefficient (Wildman–Crippen LogP) is 4.25. The Bertz CT molecular complexity index is 1110. The van der Waals surface area contributed by atoms with Crippen LogP contribution in [0.4, 0.5) is 4.79 Å². The average molecular weight is 484 g/mol. The van der Waals surface area contributed by atoms with Crippen LogP contribution < -0.4 is 10.9 Å². The van der Waals surface area contributed by atoms with Gasteiger partial charge in [-0.05, 0) is 30.9 Å². The van der Waals surface area contributed by atoms with E-state index in [1.807, 2.05) is 12.3 Å². The van der Waals surface area contributed by atoms with Gasteiger partial charge in [0.1, 0.15) is 5.65 Å². The van der Waals surface area contributed by atoms with E-state index in [1.54, 1.807) is 29.0 Å². The van der Waals surface area contributed by atoms with Crippen molar-refractivity contribution in [2.45, 2.75) is 18.1 Å². The summed E-state index contributed by atoms with van der Waals surface area (Å²) in [5.74, 6) is 0. The van der Waals surface area contributed by atoms with E-state index >= 15 is 0 Å². The van der Waals surface area contributed by atoms with Gasteiger partial charge in [-0.1, -0.05) is 45.4 Å². The van der Waals surface area contributed by atoms with Crippen molar-refractivity contribution in [2.24, 2.45) is 0 Å². The van der Waals surface area contributed by atoms with Crippen LogP contribution in [-0.4, -0.2) is 38.5 Å².